The molecule has 80 heavy (non-hydrogen) atoms. The normalized spacial score (nSPS) is 25.5. The van der Waals surface area contributed by atoms with Gasteiger partial charge in [-0.3, -0.25) is 18.6 Å². The lowest BCUT2D eigenvalue weighted by atomic mass is 9.84. The molecule has 0 aromatic rings. The molecule has 1 saturated heterocycles. The summed E-state index contributed by atoms with van der Waals surface area (Å²) in [4.78, 5) is 36.6. The predicted molar refractivity (Wildman–Crippen MR) is 311 cm³/mol. The van der Waals surface area contributed by atoms with Crippen molar-refractivity contribution in [1.82, 2.24) is 0 Å². The lowest BCUT2D eigenvalue weighted by Gasteiger charge is -2.48. The van der Waals surface area contributed by atoms with Gasteiger partial charge in [0.15, 0.2) is 12.4 Å². The third-order valence-electron chi connectivity index (χ3n) is 15.8. The Balaban J connectivity index is 1.70. The molecular weight excluding hydrogens is 1050 g/mol. The summed E-state index contributed by atoms with van der Waals surface area (Å²) in [5, 5.41) is 74.4. The summed E-state index contributed by atoms with van der Waals surface area (Å²) in [5.41, 5.74) is 6.06. The van der Waals surface area contributed by atoms with Crippen molar-refractivity contribution in [2.24, 2.45) is 5.73 Å². The Bertz CT molecular complexity index is 1580. The predicted octanol–water partition coefficient (Wildman–Crippen LogP) is 10.8. The van der Waals surface area contributed by atoms with E-state index in [2.05, 4.69) is 26.0 Å². The fraction of sp³-hybridized carbons (Fsp3) is 0.934. The number of phosphoric acid groups is 1. The van der Waals surface area contributed by atoms with E-state index in [-0.39, 0.29) is 12.8 Å². The first-order valence-electron chi connectivity index (χ1n) is 32.1. The average molecular weight is 1170 g/mol. The molecule has 1 saturated carbocycles. The molecular formula is C61H116NO17P. The van der Waals surface area contributed by atoms with Crippen LogP contribution in [0.1, 0.15) is 271 Å². The number of aliphatic hydroxyl groups is 7. The number of carbonyl (C=O) groups excluding carboxylic acids is 2. The molecule has 1 aliphatic heterocycles. The molecule has 2 fully saturated rings. The van der Waals surface area contributed by atoms with Gasteiger partial charge in [-0.1, -0.05) is 231 Å². The topological polar surface area (TPSA) is 294 Å². The van der Waals surface area contributed by atoms with Crippen LogP contribution in [0.2, 0.25) is 0 Å². The number of phosphoric ester groups is 1. The number of rotatable bonds is 52. The summed E-state index contributed by atoms with van der Waals surface area (Å²) in [5.74, 6) is -1.41. The van der Waals surface area contributed by atoms with Crippen LogP contribution in [0, 0.1) is 0 Å². The molecule has 0 amide bonds. The van der Waals surface area contributed by atoms with Crippen molar-refractivity contribution in [2.75, 3.05) is 19.8 Å². The van der Waals surface area contributed by atoms with E-state index in [1.165, 1.54) is 173 Å². The number of hydrogen-bond acceptors (Lipinski definition) is 17. The Labute approximate surface area is 482 Å². The van der Waals surface area contributed by atoms with Gasteiger partial charge < -0.3 is 65.3 Å². The van der Waals surface area contributed by atoms with E-state index in [1.54, 1.807) is 0 Å². The maximum Gasteiger partial charge on any atom is 0.472 e. The Morgan fingerprint density at radius 2 is 0.900 bits per heavy atom. The highest BCUT2D eigenvalue weighted by atomic mass is 31.2. The summed E-state index contributed by atoms with van der Waals surface area (Å²) in [7, 11) is -5.35. The monoisotopic (exact) mass is 1170 g/mol. The quantitative estimate of drug-likeness (QED) is 0.0118. The van der Waals surface area contributed by atoms with Gasteiger partial charge in [0.25, 0.3) is 0 Å². The number of esters is 2. The van der Waals surface area contributed by atoms with Crippen LogP contribution in [0.5, 0.6) is 0 Å². The van der Waals surface area contributed by atoms with Gasteiger partial charge in [0.1, 0.15) is 61.5 Å². The van der Waals surface area contributed by atoms with Crippen LogP contribution in [-0.2, 0) is 42.1 Å². The molecule has 0 bridgehead atoms. The molecule has 472 valence electrons. The second-order valence-electron chi connectivity index (χ2n) is 23.1. The summed E-state index contributed by atoms with van der Waals surface area (Å²) in [6, 6.07) is -1.53. The zero-order chi connectivity index (χ0) is 58.6. The van der Waals surface area contributed by atoms with Gasteiger partial charge in [-0.15, -0.1) is 0 Å². The van der Waals surface area contributed by atoms with Gasteiger partial charge in [-0.2, -0.15) is 0 Å². The van der Waals surface area contributed by atoms with E-state index >= 15 is 0 Å². The van der Waals surface area contributed by atoms with Crippen molar-refractivity contribution in [3.05, 3.63) is 12.2 Å². The van der Waals surface area contributed by atoms with Crippen molar-refractivity contribution < 1.29 is 82.8 Å². The van der Waals surface area contributed by atoms with Crippen molar-refractivity contribution in [1.29, 1.82) is 0 Å². The lowest BCUT2D eigenvalue weighted by molar-refractivity contribution is -0.316. The van der Waals surface area contributed by atoms with Crippen molar-refractivity contribution in [2.45, 2.75) is 344 Å². The van der Waals surface area contributed by atoms with Crippen LogP contribution in [0.25, 0.3) is 0 Å². The van der Waals surface area contributed by atoms with Gasteiger partial charge in [0.05, 0.1) is 19.3 Å². The van der Waals surface area contributed by atoms with Crippen LogP contribution in [-0.4, -0.2) is 146 Å². The van der Waals surface area contributed by atoms with Gasteiger partial charge in [0, 0.05) is 12.8 Å². The van der Waals surface area contributed by atoms with Crippen LogP contribution in [0.4, 0.5) is 0 Å². The molecule has 0 aromatic heterocycles. The smallest absolute Gasteiger partial charge is 0.463 e. The zero-order valence-electron chi connectivity index (χ0n) is 49.8. The van der Waals surface area contributed by atoms with Gasteiger partial charge >= 0.3 is 19.8 Å². The Morgan fingerprint density at radius 1 is 0.512 bits per heavy atom. The Hall–Kier alpha value is -1.61. The lowest BCUT2D eigenvalue weighted by Crippen LogP contribution is -2.69. The molecule has 0 aromatic carbocycles. The third-order valence-corrected chi connectivity index (χ3v) is 16.7. The van der Waals surface area contributed by atoms with E-state index in [0.717, 1.165) is 51.4 Å². The second kappa shape index (κ2) is 47.6. The zero-order valence-corrected chi connectivity index (χ0v) is 50.7. The van der Waals surface area contributed by atoms with E-state index in [1.807, 2.05) is 0 Å². The van der Waals surface area contributed by atoms with Crippen molar-refractivity contribution in [3.8, 4) is 0 Å². The van der Waals surface area contributed by atoms with E-state index < -0.39 is 113 Å². The average Bonchev–Trinajstić information content (AvgIpc) is 3.46. The van der Waals surface area contributed by atoms with E-state index in [9.17, 15) is 54.8 Å². The molecule has 0 spiro atoms. The molecule has 2 aliphatic rings. The molecule has 13 atom stereocenters. The summed E-state index contributed by atoms with van der Waals surface area (Å²) in [6.45, 7) is 2.23. The number of aliphatic hydroxyl groups excluding tert-OH is 7. The van der Waals surface area contributed by atoms with Crippen LogP contribution in [0.15, 0.2) is 12.2 Å². The second-order valence-corrected chi connectivity index (χ2v) is 24.5. The number of hydrogen-bond donors (Lipinski definition) is 9. The van der Waals surface area contributed by atoms with E-state index in [4.69, 9.17) is 33.7 Å². The number of carbonyl (C=O) groups is 2. The third kappa shape index (κ3) is 34.4. The van der Waals surface area contributed by atoms with Gasteiger partial charge in [-0.05, 0) is 38.5 Å². The summed E-state index contributed by atoms with van der Waals surface area (Å²) >= 11 is 0. The van der Waals surface area contributed by atoms with Crippen LogP contribution < -0.4 is 5.73 Å². The largest absolute Gasteiger partial charge is 0.472 e. The maximum absolute atomic E-state index is 13.5. The fourth-order valence-corrected chi connectivity index (χ4v) is 11.6. The van der Waals surface area contributed by atoms with Gasteiger partial charge in [0.2, 0.25) is 0 Å². The summed E-state index contributed by atoms with van der Waals surface area (Å²) < 4.78 is 46.0. The highest BCUT2D eigenvalue weighted by Gasteiger charge is 2.57. The van der Waals surface area contributed by atoms with Crippen molar-refractivity contribution in [3.63, 3.8) is 0 Å². The number of nitrogens with two attached hydrogens (primary N) is 1. The highest BCUT2D eigenvalue weighted by molar-refractivity contribution is 7.47. The molecule has 10 N–H and O–H groups in total. The van der Waals surface area contributed by atoms with Crippen LogP contribution in [0.3, 0.4) is 0 Å². The van der Waals surface area contributed by atoms with Crippen molar-refractivity contribution >= 4 is 19.8 Å². The SMILES string of the molecule is CCCCCCCC/C=C\CCCCCCCCCCCCCCCCCCCC(=O)OC[C@@H](O)COP(=O)(O)OC1[C@H](O[C@H]2OC(CO)[C@@H](O)[C@H](O)C2N)C(O)C(O)[C@@H](O)[C@@H]1OC(=O)CCCCCCCCCCCCCCC. The van der Waals surface area contributed by atoms with Gasteiger partial charge in [-0.25, -0.2) is 4.57 Å². The first-order chi connectivity index (χ1) is 38.7. The minimum atomic E-state index is -5.35. The minimum absolute atomic E-state index is 0.117. The molecule has 2 rings (SSSR count). The van der Waals surface area contributed by atoms with Crippen LogP contribution >= 0.6 is 7.82 Å². The first-order valence-corrected chi connectivity index (χ1v) is 33.6. The number of unbranched alkanes of at least 4 members (excludes halogenated alkanes) is 35. The molecule has 1 aliphatic carbocycles. The molecule has 19 heteroatoms. The number of ether oxygens (including phenoxy) is 4. The highest BCUT2D eigenvalue weighted by Crippen LogP contribution is 2.48. The maximum atomic E-state index is 13.5. The number of allylic oxidation sites excluding steroid dienone is 2. The Morgan fingerprint density at radius 3 is 1.32 bits per heavy atom. The standard InChI is InChI=1S/C61H116NO17P/c1-3-5-7-9-11-13-15-17-18-19-20-21-22-23-24-25-26-27-28-29-30-32-33-35-37-39-41-43-50(65)74-46-48(64)47-75-80(72,73)79-60-58(77-51(66)44-42-40-38-36-34-31-16-14-12-10-8-6-4-2)56(70)55(69)57(71)59(60)78-61-52(62)54(68)53(67)49(45-63)76-61/h17-18,48-49,52-61,63-64,67-71H,3-16,19-47,62H2,1-2H3,(H,72,73)/b18-17-/t48-,49?,52?,53-,54-,55?,56-,57?,58+,59-,60?,61-/m1/s1. The molecule has 0 radical (unpaired) electrons. The fourth-order valence-electron chi connectivity index (χ4n) is 10.6. The minimum Gasteiger partial charge on any atom is -0.463 e. The molecule has 1 heterocycles. The molecule has 6 unspecified atom stereocenters. The summed E-state index contributed by atoms with van der Waals surface area (Å²) in [6.07, 6.45) is 29.6. The van der Waals surface area contributed by atoms with E-state index in [0.29, 0.717) is 19.3 Å². The Kier molecular flexibility index (Phi) is 44.3. The first kappa shape index (κ1) is 74.5. The molecule has 18 nitrogen and oxygen atoms in total.